The van der Waals surface area contributed by atoms with Crippen LogP contribution in [0.1, 0.15) is 21.5 Å². The average Bonchev–Trinajstić information content (AvgIpc) is 2.89. The number of esters is 1. The Kier molecular flexibility index (Phi) is 3.79. The topological polar surface area (TPSA) is 31.2 Å². The highest BCUT2D eigenvalue weighted by Crippen LogP contribution is 2.27. The van der Waals surface area contributed by atoms with Gasteiger partial charge in [-0.3, -0.25) is 0 Å². The van der Waals surface area contributed by atoms with E-state index in [0.717, 1.165) is 22.0 Å². The summed E-state index contributed by atoms with van der Waals surface area (Å²) in [4.78, 5) is 12.0. The molecule has 3 heteroatoms. The van der Waals surface area contributed by atoms with Gasteiger partial charge in [0.15, 0.2) is 0 Å². The van der Waals surface area contributed by atoms with Crippen LogP contribution in [0.4, 0.5) is 0 Å². The van der Waals surface area contributed by atoms with E-state index in [1.165, 1.54) is 7.11 Å². The Morgan fingerprint density at radius 2 is 1.82 bits per heavy atom. The molecule has 0 bridgehead atoms. The van der Waals surface area contributed by atoms with Gasteiger partial charge in [-0.15, -0.1) is 0 Å². The van der Waals surface area contributed by atoms with Gasteiger partial charge in [-0.1, -0.05) is 48.6 Å². The molecule has 0 saturated carbocycles. The summed E-state index contributed by atoms with van der Waals surface area (Å²) in [6, 6.07) is 15.8. The molecule has 22 heavy (non-hydrogen) atoms. The van der Waals surface area contributed by atoms with Gasteiger partial charge in [0.25, 0.3) is 0 Å². The van der Waals surface area contributed by atoms with Gasteiger partial charge in [0.05, 0.1) is 12.7 Å². The Balaban J connectivity index is 2.14. The summed E-state index contributed by atoms with van der Waals surface area (Å²) in [6.07, 6.45) is 6.10. The number of aryl methyl sites for hydroxylation is 1. The lowest BCUT2D eigenvalue weighted by molar-refractivity contribution is 0.0603. The number of rotatable bonds is 3. The van der Waals surface area contributed by atoms with E-state index in [4.69, 9.17) is 4.74 Å². The smallest absolute Gasteiger partial charge is 0.338 e. The van der Waals surface area contributed by atoms with E-state index >= 15 is 0 Å². The van der Waals surface area contributed by atoms with Crippen molar-refractivity contribution in [2.45, 2.75) is 0 Å². The molecule has 1 aromatic heterocycles. The average molecular weight is 291 g/mol. The van der Waals surface area contributed by atoms with Crippen LogP contribution in [-0.4, -0.2) is 17.6 Å². The number of hydrogen-bond donors (Lipinski definition) is 0. The molecule has 0 radical (unpaired) electrons. The number of aromatic nitrogens is 1. The molecule has 0 aliphatic heterocycles. The molecular formula is C19H17NO2. The Labute approximate surface area is 129 Å². The summed E-state index contributed by atoms with van der Waals surface area (Å²) in [5.74, 6) is -0.314. The number of methoxy groups -OCH3 is 1. The maximum absolute atomic E-state index is 12.0. The third-order valence-electron chi connectivity index (χ3n) is 3.70. The van der Waals surface area contributed by atoms with Crippen molar-refractivity contribution in [3.05, 3.63) is 71.4 Å². The fraction of sp³-hybridized carbons (Fsp3) is 0.105. The minimum Gasteiger partial charge on any atom is -0.465 e. The minimum atomic E-state index is -0.314. The first-order valence-electron chi connectivity index (χ1n) is 7.10. The molecule has 3 nitrogen and oxygen atoms in total. The van der Waals surface area contributed by atoms with Crippen molar-refractivity contribution in [2.75, 3.05) is 7.11 Å². The number of ether oxygens (including phenoxy) is 1. The van der Waals surface area contributed by atoms with Crippen molar-refractivity contribution in [1.29, 1.82) is 0 Å². The lowest BCUT2D eigenvalue weighted by Gasteiger charge is -2.03. The molecule has 2 aromatic carbocycles. The number of hydrogen-bond acceptors (Lipinski definition) is 2. The minimum absolute atomic E-state index is 0.314. The predicted molar refractivity (Wildman–Crippen MR) is 89.6 cm³/mol. The van der Waals surface area contributed by atoms with Crippen molar-refractivity contribution in [2.24, 2.45) is 7.05 Å². The number of fused-ring (bicyclic) bond motifs is 1. The fourth-order valence-electron chi connectivity index (χ4n) is 2.64. The van der Waals surface area contributed by atoms with Crippen LogP contribution < -0.4 is 0 Å². The van der Waals surface area contributed by atoms with Gasteiger partial charge in [0, 0.05) is 29.7 Å². The van der Waals surface area contributed by atoms with Crippen LogP contribution >= 0.6 is 0 Å². The van der Waals surface area contributed by atoms with Gasteiger partial charge >= 0.3 is 5.97 Å². The summed E-state index contributed by atoms with van der Waals surface area (Å²) >= 11 is 0. The van der Waals surface area contributed by atoms with Crippen LogP contribution in [0.15, 0.2) is 54.7 Å². The van der Waals surface area contributed by atoms with Crippen molar-refractivity contribution in [1.82, 2.24) is 4.57 Å². The number of benzene rings is 2. The largest absolute Gasteiger partial charge is 0.465 e. The molecule has 110 valence electrons. The zero-order valence-corrected chi connectivity index (χ0v) is 12.6. The van der Waals surface area contributed by atoms with Crippen LogP contribution in [-0.2, 0) is 11.8 Å². The van der Waals surface area contributed by atoms with Crippen molar-refractivity contribution in [3.8, 4) is 0 Å². The molecule has 0 aliphatic carbocycles. The summed E-state index contributed by atoms with van der Waals surface area (Å²) < 4.78 is 6.92. The van der Waals surface area contributed by atoms with Crippen LogP contribution in [0, 0.1) is 0 Å². The van der Waals surface area contributed by atoms with Crippen molar-refractivity contribution >= 4 is 29.0 Å². The number of carbonyl (C=O) groups is 1. The highest BCUT2D eigenvalue weighted by Gasteiger charge is 2.14. The van der Waals surface area contributed by atoms with E-state index in [1.54, 1.807) is 6.07 Å². The van der Waals surface area contributed by atoms with Gasteiger partial charge < -0.3 is 9.30 Å². The molecule has 0 N–H and O–H groups in total. The first-order valence-corrected chi connectivity index (χ1v) is 7.10. The molecule has 3 rings (SSSR count). The molecule has 1 heterocycles. The standard InChI is InChI=1S/C19H17NO2/c1-20-13-15(12-11-14-7-4-3-5-8-14)18-16(19(21)22-2)9-6-10-17(18)20/h3-13H,1-2H3/b12-11-. The lowest BCUT2D eigenvalue weighted by Crippen LogP contribution is -2.02. The van der Waals surface area contributed by atoms with Gasteiger partial charge in [0.1, 0.15) is 0 Å². The quantitative estimate of drug-likeness (QED) is 0.679. The second-order valence-corrected chi connectivity index (χ2v) is 5.13. The van der Waals surface area contributed by atoms with E-state index in [1.807, 2.05) is 72.4 Å². The first kappa shape index (κ1) is 14.1. The Bertz CT molecular complexity index is 845. The summed E-state index contributed by atoms with van der Waals surface area (Å²) in [7, 11) is 3.38. The fourth-order valence-corrected chi connectivity index (χ4v) is 2.64. The van der Waals surface area contributed by atoms with Crippen molar-refractivity contribution < 1.29 is 9.53 Å². The van der Waals surface area contributed by atoms with E-state index in [9.17, 15) is 4.79 Å². The van der Waals surface area contributed by atoms with Crippen molar-refractivity contribution in [3.63, 3.8) is 0 Å². The van der Waals surface area contributed by atoms with E-state index in [-0.39, 0.29) is 5.97 Å². The zero-order valence-electron chi connectivity index (χ0n) is 12.6. The Morgan fingerprint density at radius 3 is 2.55 bits per heavy atom. The van der Waals surface area contributed by atoms with Crippen LogP contribution in [0.25, 0.3) is 23.1 Å². The monoisotopic (exact) mass is 291 g/mol. The van der Waals surface area contributed by atoms with Gasteiger partial charge in [-0.2, -0.15) is 0 Å². The second-order valence-electron chi connectivity index (χ2n) is 5.13. The molecule has 0 unspecified atom stereocenters. The van der Waals surface area contributed by atoms with Gasteiger partial charge in [-0.25, -0.2) is 4.79 Å². The normalized spacial score (nSPS) is 11.2. The van der Waals surface area contributed by atoms with Crippen LogP contribution in [0.3, 0.4) is 0 Å². The molecule has 0 saturated heterocycles. The summed E-state index contributed by atoms with van der Waals surface area (Å²) in [6.45, 7) is 0. The molecule has 0 amide bonds. The third-order valence-corrected chi connectivity index (χ3v) is 3.70. The highest BCUT2D eigenvalue weighted by atomic mass is 16.5. The molecule has 0 spiro atoms. The zero-order chi connectivity index (χ0) is 15.5. The Morgan fingerprint density at radius 1 is 1.05 bits per heavy atom. The first-order chi connectivity index (χ1) is 10.7. The predicted octanol–water partition coefficient (Wildman–Crippen LogP) is 4.14. The highest BCUT2D eigenvalue weighted by molar-refractivity contribution is 6.07. The summed E-state index contributed by atoms with van der Waals surface area (Å²) in [5, 5.41) is 0.920. The number of carbonyl (C=O) groups excluding carboxylic acids is 1. The molecule has 0 fully saturated rings. The molecule has 3 aromatic rings. The summed E-state index contributed by atoms with van der Waals surface area (Å²) in [5.41, 5.74) is 3.72. The second kappa shape index (κ2) is 5.90. The lowest BCUT2D eigenvalue weighted by atomic mass is 10.1. The maximum atomic E-state index is 12.0. The third kappa shape index (κ3) is 2.53. The molecular weight excluding hydrogens is 274 g/mol. The SMILES string of the molecule is COC(=O)c1cccc2c1c(/C=C\c1ccccc1)cn2C. The van der Waals surface area contributed by atoms with Crippen LogP contribution in [0.2, 0.25) is 0 Å². The maximum Gasteiger partial charge on any atom is 0.338 e. The molecule has 0 aliphatic rings. The van der Waals surface area contributed by atoms with Gasteiger partial charge in [-0.05, 0) is 17.7 Å². The van der Waals surface area contributed by atoms with E-state index in [0.29, 0.717) is 5.56 Å². The Hall–Kier alpha value is -2.81. The van der Waals surface area contributed by atoms with E-state index < -0.39 is 0 Å². The molecule has 0 atom stereocenters. The van der Waals surface area contributed by atoms with Crippen LogP contribution in [0.5, 0.6) is 0 Å². The van der Waals surface area contributed by atoms with Gasteiger partial charge in [0.2, 0.25) is 0 Å². The number of nitrogens with zero attached hydrogens (tertiary/aromatic N) is 1. The van der Waals surface area contributed by atoms with E-state index in [2.05, 4.69) is 0 Å².